The first-order chi connectivity index (χ1) is 10.0. The molecule has 0 saturated heterocycles. The molecule has 0 aromatic heterocycles. The second kappa shape index (κ2) is 7.30. The van der Waals surface area contributed by atoms with E-state index in [0.29, 0.717) is 11.4 Å². The van der Waals surface area contributed by atoms with E-state index in [0.717, 1.165) is 33.5 Å². The SMILES string of the molecule is CCC(N)Cc1c(Cl)cccc1Oc1ccc(Br)c(C)c1. The Bertz CT molecular complexity index is 630. The maximum absolute atomic E-state index is 6.31. The molecule has 0 heterocycles. The first kappa shape index (κ1) is 16.3. The van der Waals surface area contributed by atoms with Gasteiger partial charge in [0.05, 0.1) is 0 Å². The molecule has 112 valence electrons. The normalized spacial score (nSPS) is 12.2. The number of rotatable bonds is 5. The summed E-state index contributed by atoms with van der Waals surface area (Å²) in [6, 6.07) is 11.7. The summed E-state index contributed by atoms with van der Waals surface area (Å²) in [4.78, 5) is 0. The highest BCUT2D eigenvalue weighted by Crippen LogP contribution is 2.32. The van der Waals surface area contributed by atoms with E-state index >= 15 is 0 Å². The van der Waals surface area contributed by atoms with Crippen LogP contribution in [0.4, 0.5) is 0 Å². The van der Waals surface area contributed by atoms with Crippen LogP contribution in [0.3, 0.4) is 0 Å². The second-order valence-corrected chi connectivity index (χ2v) is 6.36. The molecule has 0 bridgehead atoms. The molecule has 4 heteroatoms. The molecule has 0 radical (unpaired) electrons. The third kappa shape index (κ3) is 4.22. The van der Waals surface area contributed by atoms with Gasteiger partial charge in [0.25, 0.3) is 0 Å². The lowest BCUT2D eigenvalue weighted by Crippen LogP contribution is -2.21. The molecule has 0 fully saturated rings. The maximum atomic E-state index is 6.31. The number of nitrogens with two attached hydrogens (primary N) is 1. The van der Waals surface area contributed by atoms with Gasteiger partial charge in [-0.15, -0.1) is 0 Å². The van der Waals surface area contributed by atoms with E-state index in [1.54, 1.807) is 0 Å². The van der Waals surface area contributed by atoms with Crippen LogP contribution in [0.15, 0.2) is 40.9 Å². The van der Waals surface area contributed by atoms with Crippen molar-refractivity contribution < 1.29 is 4.74 Å². The van der Waals surface area contributed by atoms with Crippen LogP contribution in [-0.4, -0.2) is 6.04 Å². The van der Waals surface area contributed by atoms with Gasteiger partial charge < -0.3 is 10.5 Å². The van der Waals surface area contributed by atoms with Gasteiger partial charge in [-0.2, -0.15) is 0 Å². The van der Waals surface area contributed by atoms with Crippen LogP contribution in [0.25, 0.3) is 0 Å². The Labute approximate surface area is 139 Å². The molecule has 2 rings (SSSR count). The van der Waals surface area contributed by atoms with E-state index in [1.807, 2.05) is 43.3 Å². The Morgan fingerprint density at radius 1 is 1.29 bits per heavy atom. The molecule has 21 heavy (non-hydrogen) atoms. The Morgan fingerprint density at radius 2 is 2.05 bits per heavy atom. The average molecular weight is 369 g/mol. The zero-order chi connectivity index (χ0) is 15.4. The number of hydrogen-bond donors (Lipinski definition) is 1. The van der Waals surface area contributed by atoms with E-state index in [2.05, 4.69) is 22.9 Å². The summed E-state index contributed by atoms with van der Waals surface area (Å²) in [6.07, 6.45) is 1.61. The van der Waals surface area contributed by atoms with Gasteiger partial charge in [0.15, 0.2) is 0 Å². The first-order valence-corrected chi connectivity index (χ1v) is 8.15. The second-order valence-electron chi connectivity index (χ2n) is 5.10. The summed E-state index contributed by atoms with van der Waals surface area (Å²) in [5.74, 6) is 1.57. The summed E-state index contributed by atoms with van der Waals surface area (Å²) in [5.41, 5.74) is 8.15. The van der Waals surface area contributed by atoms with Crippen molar-refractivity contribution in [2.24, 2.45) is 5.73 Å². The summed E-state index contributed by atoms with van der Waals surface area (Å²) >= 11 is 9.80. The topological polar surface area (TPSA) is 35.2 Å². The Balaban J connectivity index is 2.30. The summed E-state index contributed by atoms with van der Waals surface area (Å²) in [5, 5.41) is 0.699. The van der Waals surface area contributed by atoms with Gasteiger partial charge in [-0.1, -0.05) is 40.5 Å². The molecule has 1 unspecified atom stereocenters. The molecule has 0 aliphatic heterocycles. The van der Waals surface area contributed by atoms with Gasteiger partial charge in [0, 0.05) is 21.1 Å². The van der Waals surface area contributed by atoms with Crippen LogP contribution in [0.1, 0.15) is 24.5 Å². The largest absolute Gasteiger partial charge is 0.457 e. The van der Waals surface area contributed by atoms with Crippen LogP contribution in [-0.2, 0) is 6.42 Å². The lowest BCUT2D eigenvalue weighted by molar-refractivity contribution is 0.471. The average Bonchev–Trinajstić information content (AvgIpc) is 2.46. The fourth-order valence-electron chi connectivity index (χ4n) is 2.05. The van der Waals surface area contributed by atoms with Crippen LogP contribution >= 0.6 is 27.5 Å². The lowest BCUT2D eigenvalue weighted by atomic mass is 10.0. The minimum absolute atomic E-state index is 0.0823. The molecule has 0 aliphatic carbocycles. The molecule has 2 aromatic rings. The highest BCUT2D eigenvalue weighted by molar-refractivity contribution is 9.10. The van der Waals surface area contributed by atoms with Gasteiger partial charge in [-0.3, -0.25) is 0 Å². The highest BCUT2D eigenvalue weighted by atomic mass is 79.9. The summed E-state index contributed by atoms with van der Waals surface area (Å²) in [6.45, 7) is 4.10. The van der Waals surface area contributed by atoms with Crippen molar-refractivity contribution in [3.8, 4) is 11.5 Å². The molecule has 0 spiro atoms. The molecule has 2 aromatic carbocycles. The van der Waals surface area contributed by atoms with Crippen LogP contribution in [0.5, 0.6) is 11.5 Å². The number of hydrogen-bond acceptors (Lipinski definition) is 2. The van der Waals surface area contributed by atoms with Crippen molar-refractivity contribution in [3.05, 3.63) is 57.0 Å². The summed E-state index contributed by atoms with van der Waals surface area (Å²) < 4.78 is 7.07. The van der Waals surface area contributed by atoms with Crippen molar-refractivity contribution in [1.82, 2.24) is 0 Å². The zero-order valence-corrected chi connectivity index (χ0v) is 14.5. The van der Waals surface area contributed by atoms with Gasteiger partial charge >= 0.3 is 0 Å². The fraction of sp³-hybridized carbons (Fsp3) is 0.294. The fourth-order valence-corrected chi connectivity index (χ4v) is 2.54. The molecular weight excluding hydrogens is 350 g/mol. The van der Waals surface area contributed by atoms with Gasteiger partial charge in [-0.25, -0.2) is 0 Å². The van der Waals surface area contributed by atoms with E-state index in [4.69, 9.17) is 22.1 Å². The van der Waals surface area contributed by atoms with E-state index in [-0.39, 0.29) is 6.04 Å². The lowest BCUT2D eigenvalue weighted by Gasteiger charge is -2.16. The summed E-state index contributed by atoms with van der Waals surface area (Å²) in [7, 11) is 0. The third-order valence-corrected chi connectivity index (χ3v) is 4.67. The smallest absolute Gasteiger partial charge is 0.132 e. The zero-order valence-electron chi connectivity index (χ0n) is 12.2. The molecule has 0 aliphatic rings. The minimum atomic E-state index is 0.0823. The predicted octanol–water partition coefficient (Wildman–Crippen LogP) is 5.48. The van der Waals surface area contributed by atoms with E-state index < -0.39 is 0 Å². The predicted molar refractivity (Wildman–Crippen MR) is 92.4 cm³/mol. The number of aryl methyl sites for hydroxylation is 1. The molecular formula is C17H19BrClNO. The van der Waals surface area contributed by atoms with Crippen molar-refractivity contribution in [1.29, 1.82) is 0 Å². The van der Waals surface area contributed by atoms with Crippen molar-refractivity contribution in [2.75, 3.05) is 0 Å². The van der Waals surface area contributed by atoms with Crippen molar-refractivity contribution >= 4 is 27.5 Å². The van der Waals surface area contributed by atoms with Crippen LogP contribution in [0.2, 0.25) is 5.02 Å². The van der Waals surface area contributed by atoms with Crippen LogP contribution in [0, 0.1) is 6.92 Å². The molecule has 2 N–H and O–H groups in total. The third-order valence-electron chi connectivity index (χ3n) is 3.42. The van der Waals surface area contributed by atoms with E-state index in [1.165, 1.54) is 0 Å². The molecule has 0 saturated carbocycles. The first-order valence-electron chi connectivity index (χ1n) is 6.98. The highest BCUT2D eigenvalue weighted by Gasteiger charge is 2.12. The molecule has 1 atom stereocenters. The standard InChI is InChI=1S/C17H19BrClNO/c1-3-12(20)10-14-16(19)5-4-6-17(14)21-13-7-8-15(18)11(2)9-13/h4-9,12H,3,10,20H2,1-2H3. The van der Waals surface area contributed by atoms with Gasteiger partial charge in [0.2, 0.25) is 0 Å². The maximum Gasteiger partial charge on any atom is 0.132 e. The number of benzene rings is 2. The van der Waals surface area contributed by atoms with Crippen LogP contribution < -0.4 is 10.5 Å². The Kier molecular flexibility index (Phi) is 5.68. The number of halogens is 2. The minimum Gasteiger partial charge on any atom is -0.457 e. The molecule has 0 amide bonds. The van der Waals surface area contributed by atoms with Gasteiger partial charge in [-0.05, 0) is 55.7 Å². The Morgan fingerprint density at radius 3 is 2.71 bits per heavy atom. The molecule has 2 nitrogen and oxygen atoms in total. The number of ether oxygens (including phenoxy) is 1. The van der Waals surface area contributed by atoms with Crippen molar-refractivity contribution in [2.45, 2.75) is 32.7 Å². The van der Waals surface area contributed by atoms with E-state index in [9.17, 15) is 0 Å². The van der Waals surface area contributed by atoms with Crippen molar-refractivity contribution in [3.63, 3.8) is 0 Å². The van der Waals surface area contributed by atoms with Gasteiger partial charge in [0.1, 0.15) is 11.5 Å². The monoisotopic (exact) mass is 367 g/mol. The quantitative estimate of drug-likeness (QED) is 0.758. The Hall–Kier alpha value is -1.03.